The lowest BCUT2D eigenvalue weighted by molar-refractivity contribution is 1.63. The van der Waals surface area contributed by atoms with Crippen molar-refractivity contribution in [3.05, 3.63) is 57.9 Å². The number of halogens is 1. The fourth-order valence-corrected chi connectivity index (χ4v) is 2.35. The summed E-state index contributed by atoms with van der Waals surface area (Å²) in [5.41, 5.74) is 5.72. The van der Waals surface area contributed by atoms with Crippen LogP contribution in [0, 0.1) is 0 Å². The van der Waals surface area contributed by atoms with E-state index in [0.717, 1.165) is 0 Å². The molecule has 1 aliphatic rings. The summed E-state index contributed by atoms with van der Waals surface area (Å²) >= 11 is 0.0993. The van der Waals surface area contributed by atoms with Crippen LogP contribution in [-0.2, 0) is 0 Å². The normalized spacial score (nSPS) is 14.6. The van der Waals surface area contributed by atoms with E-state index in [9.17, 15) is 0 Å². The molecule has 0 saturated carbocycles. The van der Waals surface area contributed by atoms with Crippen LogP contribution in [0.5, 0.6) is 0 Å². The molecule has 0 saturated heterocycles. The first-order valence-electron chi connectivity index (χ1n) is 4.09. The largest absolute Gasteiger partial charge is 0.114 e. The Bertz CT molecular complexity index is 404. The van der Waals surface area contributed by atoms with Gasteiger partial charge in [-0.25, -0.2) is 0 Å². The highest BCUT2D eigenvalue weighted by atomic mass is 127. The van der Waals surface area contributed by atoms with Crippen LogP contribution in [0.2, 0.25) is 0 Å². The van der Waals surface area contributed by atoms with E-state index in [0.29, 0.717) is 0 Å². The topological polar surface area (TPSA) is 0 Å². The Kier molecular flexibility index (Phi) is 2.90. The smallest absolute Gasteiger partial charge is 0.0134 e. The third-order valence-corrected chi connectivity index (χ3v) is 3.28. The number of hydrogen-bond acceptors (Lipinski definition) is 0. The molecule has 1 aromatic carbocycles. The van der Waals surface area contributed by atoms with Gasteiger partial charge in [-0.15, -0.1) is 5.73 Å². The van der Waals surface area contributed by atoms with Crippen molar-refractivity contribution in [3.63, 3.8) is 0 Å². The van der Waals surface area contributed by atoms with Crippen LogP contribution in [0.25, 0.3) is 5.57 Å². The Balaban J connectivity index is 2.42. The van der Waals surface area contributed by atoms with Gasteiger partial charge in [0.15, 0.2) is 0 Å². The summed E-state index contributed by atoms with van der Waals surface area (Å²) in [6.45, 7) is 0. The summed E-state index contributed by atoms with van der Waals surface area (Å²) in [5.74, 6) is 0. The van der Waals surface area contributed by atoms with Gasteiger partial charge >= 0.3 is 0 Å². The van der Waals surface area contributed by atoms with Crippen molar-refractivity contribution in [1.82, 2.24) is 0 Å². The lowest BCUT2D eigenvalue weighted by Crippen LogP contribution is -1.78. The minimum Gasteiger partial charge on any atom is -0.114 e. The van der Waals surface area contributed by atoms with E-state index in [1.165, 1.54) is 11.1 Å². The predicted molar refractivity (Wildman–Crippen MR) is 67.2 cm³/mol. The molecule has 1 heteroatoms. The summed E-state index contributed by atoms with van der Waals surface area (Å²) in [4.78, 5) is 0. The van der Waals surface area contributed by atoms with Crippen molar-refractivity contribution in [2.24, 2.45) is 0 Å². The van der Waals surface area contributed by atoms with E-state index < -0.39 is 0 Å². The lowest BCUT2D eigenvalue weighted by atomic mass is 10.1. The molecule has 0 fully saturated rings. The van der Waals surface area contributed by atoms with E-state index >= 15 is 0 Å². The van der Waals surface area contributed by atoms with Crippen LogP contribution in [0.3, 0.4) is 0 Å². The van der Waals surface area contributed by atoms with Crippen molar-refractivity contribution in [3.8, 4) is 0 Å². The second kappa shape index (κ2) is 4.35. The van der Waals surface area contributed by atoms with E-state index in [-0.39, 0.29) is 20.7 Å². The second-order valence-corrected chi connectivity index (χ2v) is 4.72. The molecule has 0 radical (unpaired) electrons. The van der Waals surface area contributed by atoms with Gasteiger partial charge in [-0.3, -0.25) is 0 Å². The zero-order valence-corrected chi connectivity index (χ0v) is 9.23. The first kappa shape index (κ1) is 8.67. The Morgan fingerprint density at radius 2 is 1.92 bits per heavy atom. The molecule has 0 nitrogen and oxygen atoms in total. The zero-order chi connectivity index (χ0) is 8.93. The van der Waals surface area contributed by atoms with Crippen LogP contribution < -0.4 is 0 Å². The molecule has 2 rings (SSSR count). The molecule has 0 aliphatic carbocycles. The van der Waals surface area contributed by atoms with E-state index in [1.807, 2.05) is 6.07 Å². The maximum Gasteiger partial charge on any atom is 0.0134 e. The van der Waals surface area contributed by atoms with E-state index in [1.54, 1.807) is 0 Å². The molecular formula is C12H9I. The number of rotatable bonds is 1. The molecule has 0 spiro atoms. The SMILES string of the molecule is C1=CI=CC=C(c2ccccc2)C=1. The molecule has 0 N–H and O–H groups in total. The highest BCUT2D eigenvalue weighted by Crippen LogP contribution is 2.16. The second-order valence-electron chi connectivity index (χ2n) is 2.66. The monoisotopic (exact) mass is 280 g/mol. The Labute approximate surface area is 88.0 Å². The Morgan fingerprint density at radius 3 is 2.77 bits per heavy atom. The highest BCUT2D eigenvalue weighted by Gasteiger charge is 1.94. The summed E-state index contributed by atoms with van der Waals surface area (Å²) in [6, 6.07) is 10.4. The molecule has 1 aliphatic heterocycles. The maximum atomic E-state index is 3.20. The maximum absolute atomic E-state index is 3.20. The van der Waals surface area contributed by atoms with E-state index in [4.69, 9.17) is 0 Å². The van der Waals surface area contributed by atoms with Crippen molar-refractivity contribution in [1.29, 1.82) is 0 Å². The zero-order valence-electron chi connectivity index (χ0n) is 7.07. The summed E-state index contributed by atoms with van der Waals surface area (Å²) in [5, 5.41) is 0. The first-order chi connectivity index (χ1) is 6.47. The van der Waals surface area contributed by atoms with Gasteiger partial charge in [-0.05, 0) is 27.3 Å². The minimum atomic E-state index is 0.0993. The molecule has 0 bridgehead atoms. The van der Waals surface area contributed by atoms with Gasteiger partial charge in [0.1, 0.15) is 0 Å². The number of allylic oxidation sites excluding steroid dienone is 3. The fraction of sp³-hybridized carbons (Fsp3) is 0. The molecule has 0 atom stereocenters. The Hall–Kier alpha value is -0.920. The van der Waals surface area contributed by atoms with Crippen molar-refractivity contribution >= 4 is 30.3 Å². The highest BCUT2D eigenvalue weighted by molar-refractivity contribution is 14.2. The van der Waals surface area contributed by atoms with Gasteiger partial charge in [0, 0.05) is 4.08 Å². The van der Waals surface area contributed by atoms with Gasteiger partial charge in [-0.2, -0.15) is 0 Å². The van der Waals surface area contributed by atoms with Gasteiger partial charge < -0.3 is 0 Å². The predicted octanol–water partition coefficient (Wildman–Crippen LogP) is 3.53. The molecule has 0 aromatic heterocycles. The Morgan fingerprint density at radius 1 is 1.08 bits per heavy atom. The molecule has 13 heavy (non-hydrogen) atoms. The molecule has 1 aromatic rings. The van der Waals surface area contributed by atoms with Crippen molar-refractivity contribution in [2.75, 3.05) is 0 Å². The van der Waals surface area contributed by atoms with Gasteiger partial charge in [0.25, 0.3) is 0 Å². The average Bonchev–Trinajstić information content (AvgIpc) is 2.47. The average molecular weight is 280 g/mol. The fourth-order valence-electron chi connectivity index (χ4n) is 1.16. The third-order valence-electron chi connectivity index (χ3n) is 1.79. The van der Waals surface area contributed by atoms with Crippen LogP contribution >= 0.6 is 20.7 Å². The molecule has 0 unspecified atom stereocenters. The van der Waals surface area contributed by atoms with Gasteiger partial charge in [0.2, 0.25) is 0 Å². The third kappa shape index (κ3) is 2.27. The number of hydrogen-bond donors (Lipinski definition) is 0. The van der Waals surface area contributed by atoms with Gasteiger partial charge in [-0.1, -0.05) is 51.1 Å². The summed E-state index contributed by atoms with van der Waals surface area (Å²) in [7, 11) is 0. The molecule has 0 amide bonds. The van der Waals surface area contributed by atoms with Gasteiger partial charge in [0.05, 0.1) is 0 Å². The van der Waals surface area contributed by atoms with Crippen LogP contribution in [0.1, 0.15) is 5.56 Å². The summed E-state index contributed by atoms with van der Waals surface area (Å²) in [6.07, 6.45) is 4.25. The standard InChI is InChI=1S/C12H9I/c1-2-5-11(6-3-1)12-7-4-9-13-10-8-12/h1-3,5-10H. The quantitative estimate of drug-likeness (QED) is 0.545. The molecule has 1 heterocycles. The van der Waals surface area contributed by atoms with Crippen LogP contribution in [-0.4, -0.2) is 4.01 Å². The lowest BCUT2D eigenvalue weighted by Gasteiger charge is -1.98. The summed E-state index contributed by atoms with van der Waals surface area (Å²) < 4.78 is 4.41. The van der Waals surface area contributed by atoms with Crippen molar-refractivity contribution in [2.45, 2.75) is 0 Å². The first-order valence-corrected chi connectivity index (χ1v) is 6.58. The van der Waals surface area contributed by atoms with Crippen LogP contribution in [0.15, 0.2) is 52.3 Å². The van der Waals surface area contributed by atoms with Crippen LogP contribution in [0.4, 0.5) is 0 Å². The van der Waals surface area contributed by atoms with Crippen molar-refractivity contribution < 1.29 is 0 Å². The van der Waals surface area contributed by atoms with E-state index in [2.05, 4.69) is 50.2 Å². The minimum absolute atomic E-state index is 0.0993. The molecule has 64 valence electrons. The number of benzene rings is 1. The molecular weight excluding hydrogens is 271 g/mol.